The van der Waals surface area contributed by atoms with E-state index in [-0.39, 0.29) is 28.8 Å². The van der Waals surface area contributed by atoms with Crippen molar-refractivity contribution in [2.45, 2.75) is 6.17 Å². The lowest BCUT2D eigenvalue weighted by Crippen LogP contribution is -2.24. The summed E-state index contributed by atoms with van der Waals surface area (Å²) in [6.07, 6.45) is 1.29. The van der Waals surface area contributed by atoms with Crippen LogP contribution in [0.1, 0.15) is 32.4 Å². The van der Waals surface area contributed by atoms with Gasteiger partial charge in [-0.05, 0) is 55.1 Å². The van der Waals surface area contributed by atoms with Crippen LogP contribution in [-0.2, 0) is 0 Å². The van der Waals surface area contributed by atoms with Crippen molar-refractivity contribution >= 4 is 46.5 Å². The average molecular weight is 488 g/mol. The number of halogens is 3. The lowest BCUT2D eigenvalue weighted by atomic mass is 10.1. The molecule has 0 radical (unpaired) electrons. The second-order valence-electron chi connectivity index (χ2n) is 7.54. The van der Waals surface area contributed by atoms with Crippen molar-refractivity contribution in [1.82, 2.24) is 15.2 Å². The summed E-state index contributed by atoms with van der Waals surface area (Å²) >= 11 is 11.9. The minimum absolute atomic E-state index is 0.0985. The van der Waals surface area contributed by atoms with Gasteiger partial charge in [0.25, 0.3) is 11.8 Å². The third kappa shape index (κ3) is 5.31. The van der Waals surface area contributed by atoms with Gasteiger partial charge < -0.3 is 10.6 Å². The first kappa shape index (κ1) is 23.1. The van der Waals surface area contributed by atoms with E-state index in [2.05, 4.69) is 25.8 Å². The van der Waals surface area contributed by atoms with Crippen LogP contribution in [-0.4, -0.2) is 41.8 Å². The smallest absolute Gasteiger partial charge is 0.258 e. The summed E-state index contributed by atoms with van der Waals surface area (Å²) < 4.78 is 14.8. The summed E-state index contributed by atoms with van der Waals surface area (Å²) in [6.45, 7) is 1.65. The predicted octanol–water partition coefficient (Wildman–Crippen LogP) is 4.57. The summed E-state index contributed by atoms with van der Waals surface area (Å²) in [5.74, 6) is -1.62. The van der Waals surface area contributed by atoms with Crippen LogP contribution in [0.2, 0.25) is 10.0 Å². The molecule has 0 saturated carbocycles. The highest BCUT2D eigenvalue weighted by Crippen LogP contribution is 2.25. The molecule has 0 aliphatic carbocycles. The van der Waals surface area contributed by atoms with Gasteiger partial charge in [0.15, 0.2) is 0 Å². The van der Waals surface area contributed by atoms with Crippen molar-refractivity contribution in [3.8, 4) is 0 Å². The average Bonchev–Trinajstić information content (AvgIpc) is 3.22. The first-order valence-corrected chi connectivity index (χ1v) is 10.8. The number of amides is 2. The van der Waals surface area contributed by atoms with E-state index in [0.29, 0.717) is 10.0 Å². The van der Waals surface area contributed by atoms with Gasteiger partial charge in [0, 0.05) is 24.3 Å². The number of hydrogen-bond acceptors (Lipinski definition) is 5. The van der Waals surface area contributed by atoms with Gasteiger partial charge in [-0.3, -0.25) is 19.8 Å². The Morgan fingerprint density at radius 1 is 1.03 bits per heavy atom. The van der Waals surface area contributed by atoms with Gasteiger partial charge in [0.2, 0.25) is 0 Å². The molecule has 4 rings (SSSR count). The number of pyridine rings is 1. The van der Waals surface area contributed by atoms with Crippen molar-refractivity contribution < 1.29 is 14.0 Å². The van der Waals surface area contributed by atoms with E-state index < -0.39 is 17.6 Å². The number of nitrogens with one attached hydrogen (secondary N) is 3. The maximum absolute atomic E-state index is 14.8. The van der Waals surface area contributed by atoms with E-state index in [1.54, 1.807) is 12.1 Å². The summed E-state index contributed by atoms with van der Waals surface area (Å²) in [5, 5.41) is 9.21. The maximum atomic E-state index is 14.8. The Morgan fingerprint density at radius 2 is 1.79 bits per heavy atom. The van der Waals surface area contributed by atoms with Crippen LogP contribution >= 0.6 is 23.2 Å². The van der Waals surface area contributed by atoms with Crippen LogP contribution in [0.15, 0.2) is 54.7 Å². The molecule has 1 aromatic heterocycles. The molecule has 33 heavy (non-hydrogen) atoms. The molecule has 2 aromatic carbocycles. The van der Waals surface area contributed by atoms with E-state index in [1.807, 2.05) is 7.05 Å². The molecule has 0 bridgehead atoms. The molecule has 3 aromatic rings. The molecule has 170 valence electrons. The first-order chi connectivity index (χ1) is 15.8. The molecular formula is C23H20Cl2FN5O2. The Balaban J connectivity index is 1.54. The molecule has 2 heterocycles. The number of carbonyl (C=O) groups excluding carboxylic acids is 2. The normalized spacial score (nSPS) is 15.9. The summed E-state index contributed by atoms with van der Waals surface area (Å²) in [6, 6.07) is 12.0. The van der Waals surface area contributed by atoms with Crippen LogP contribution < -0.4 is 16.0 Å². The Hall–Kier alpha value is -3.04. The lowest BCUT2D eigenvalue weighted by Gasteiger charge is -2.20. The van der Waals surface area contributed by atoms with Gasteiger partial charge in [-0.1, -0.05) is 29.3 Å². The second kappa shape index (κ2) is 9.84. The first-order valence-electron chi connectivity index (χ1n) is 10.1. The van der Waals surface area contributed by atoms with Crippen molar-refractivity contribution in [2.75, 3.05) is 30.8 Å². The molecule has 1 saturated heterocycles. The highest BCUT2D eigenvalue weighted by atomic mass is 35.5. The van der Waals surface area contributed by atoms with Crippen LogP contribution in [0.25, 0.3) is 0 Å². The number of aromatic nitrogens is 1. The van der Waals surface area contributed by atoms with Gasteiger partial charge in [-0.25, -0.2) is 9.37 Å². The monoisotopic (exact) mass is 487 g/mol. The highest BCUT2D eigenvalue weighted by molar-refractivity contribution is 6.31. The van der Waals surface area contributed by atoms with Gasteiger partial charge >= 0.3 is 0 Å². The molecule has 1 fully saturated rings. The standard InChI is InChI=1S/C23H20Cl2FN5O2/c1-31-9-8-27-21(31)13-2-5-16(18(26)10-13)22(32)29-19-6-3-14(24)11-17(19)23(33)30-20-7-4-15(25)12-28-20/h2-7,10-12,21,27H,8-9H2,1H3,(H,29,32)(H,28,30,33). The fourth-order valence-electron chi connectivity index (χ4n) is 3.56. The molecule has 1 aliphatic heterocycles. The molecule has 10 heteroatoms. The summed E-state index contributed by atoms with van der Waals surface area (Å²) in [7, 11) is 1.94. The SMILES string of the molecule is CN1CCNC1c1ccc(C(=O)Nc2ccc(Cl)cc2C(=O)Nc2ccc(Cl)cn2)c(F)c1. The lowest BCUT2D eigenvalue weighted by molar-refractivity contribution is 0.102. The molecule has 1 atom stereocenters. The zero-order chi connectivity index (χ0) is 23.5. The third-order valence-electron chi connectivity index (χ3n) is 5.24. The Bertz CT molecular complexity index is 1210. The van der Waals surface area contributed by atoms with Crippen molar-refractivity contribution in [3.63, 3.8) is 0 Å². The van der Waals surface area contributed by atoms with Gasteiger partial charge in [-0.2, -0.15) is 0 Å². The number of carbonyl (C=O) groups is 2. The highest BCUT2D eigenvalue weighted by Gasteiger charge is 2.24. The minimum atomic E-state index is -0.687. The number of nitrogens with zero attached hydrogens (tertiary/aromatic N) is 2. The van der Waals surface area contributed by atoms with Crippen LogP contribution in [0.3, 0.4) is 0 Å². The molecule has 0 spiro atoms. The summed E-state index contributed by atoms with van der Waals surface area (Å²) in [5.41, 5.74) is 0.865. The van der Waals surface area contributed by atoms with E-state index in [4.69, 9.17) is 23.2 Å². The molecular weight excluding hydrogens is 468 g/mol. The van der Waals surface area contributed by atoms with Crippen molar-refractivity contribution in [1.29, 1.82) is 0 Å². The van der Waals surface area contributed by atoms with Crippen molar-refractivity contribution in [3.05, 3.63) is 87.3 Å². The Kier molecular flexibility index (Phi) is 6.90. The largest absolute Gasteiger partial charge is 0.321 e. The van der Waals surface area contributed by atoms with E-state index in [0.717, 1.165) is 18.7 Å². The van der Waals surface area contributed by atoms with Gasteiger partial charge in [-0.15, -0.1) is 0 Å². The zero-order valence-electron chi connectivity index (χ0n) is 17.5. The quantitative estimate of drug-likeness (QED) is 0.490. The second-order valence-corrected chi connectivity index (χ2v) is 8.41. The predicted molar refractivity (Wildman–Crippen MR) is 126 cm³/mol. The number of anilines is 2. The van der Waals surface area contributed by atoms with E-state index in [9.17, 15) is 14.0 Å². The summed E-state index contributed by atoms with van der Waals surface area (Å²) in [4.78, 5) is 31.7. The molecule has 7 nitrogen and oxygen atoms in total. The van der Waals surface area contributed by atoms with Crippen LogP contribution in [0.4, 0.5) is 15.9 Å². The Morgan fingerprint density at radius 3 is 2.45 bits per heavy atom. The van der Waals surface area contributed by atoms with Gasteiger partial charge in [0.1, 0.15) is 11.6 Å². The molecule has 3 N–H and O–H groups in total. The third-order valence-corrected chi connectivity index (χ3v) is 5.70. The number of hydrogen-bond donors (Lipinski definition) is 3. The van der Waals surface area contributed by atoms with Crippen molar-refractivity contribution in [2.24, 2.45) is 0 Å². The zero-order valence-corrected chi connectivity index (χ0v) is 19.0. The number of likely N-dealkylation sites (N-methyl/N-ethyl adjacent to an activating group) is 1. The topological polar surface area (TPSA) is 86.4 Å². The van der Waals surface area contributed by atoms with E-state index in [1.165, 1.54) is 42.6 Å². The van der Waals surface area contributed by atoms with E-state index >= 15 is 0 Å². The number of benzene rings is 2. The Labute approximate surface area is 199 Å². The molecule has 1 aliphatic rings. The molecule has 2 amide bonds. The van der Waals surface area contributed by atoms with Crippen LogP contribution in [0.5, 0.6) is 0 Å². The fourth-order valence-corrected chi connectivity index (χ4v) is 3.84. The van der Waals surface area contributed by atoms with Crippen LogP contribution in [0, 0.1) is 5.82 Å². The maximum Gasteiger partial charge on any atom is 0.258 e. The van der Waals surface area contributed by atoms with Gasteiger partial charge in [0.05, 0.1) is 28.0 Å². The molecule has 1 unspecified atom stereocenters. The minimum Gasteiger partial charge on any atom is -0.321 e. The fraction of sp³-hybridized carbons (Fsp3) is 0.174. The number of rotatable bonds is 5.